The van der Waals surface area contributed by atoms with Gasteiger partial charge in [0.1, 0.15) is 12.4 Å². The van der Waals surface area contributed by atoms with Crippen LogP contribution < -0.4 is 15.6 Å². The standard InChI is InChI=1S/C23H22N2O3S/c26-22(24-25-23(27)21-14-16-8-5-7-13-20(16)29-21)19-12-6-4-9-17(19)15-28-18-10-2-1-3-11-18/h1-4,6,9-12,14H,5,7-8,13,15H2,(H,24,26)(H,25,27). The maximum absolute atomic E-state index is 12.6. The van der Waals surface area contributed by atoms with Crippen molar-refractivity contribution < 1.29 is 14.3 Å². The molecule has 1 aromatic heterocycles. The van der Waals surface area contributed by atoms with Gasteiger partial charge in [0.2, 0.25) is 0 Å². The zero-order valence-corrected chi connectivity index (χ0v) is 16.8. The maximum atomic E-state index is 12.6. The Morgan fingerprint density at radius 2 is 1.62 bits per heavy atom. The Morgan fingerprint density at radius 3 is 2.45 bits per heavy atom. The number of benzene rings is 2. The van der Waals surface area contributed by atoms with E-state index in [1.54, 1.807) is 12.1 Å². The minimum absolute atomic E-state index is 0.263. The molecule has 1 heterocycles. The summed E-state index contributed by atoms with van der Waals surface area (Å²) < 4.78 is 5.76. The van der Waals surface area contributed by atoms with Gasteiger partial charge in [0.15, 0.2) is 0 Å². The summed E-state index contributed by atoms with van der Waals surface area (Å²) in [6, 6.07) is 18.6. The fourth-order valence-corrected chi connectivity index (χ4v) is 4.54. The number of rotatable bonds is 5. The first-order chi connectivity index (χ1) is 14.2. The third-order valence-electron chi connectivity index (χ3n) is 4.91. The Balaban J connectivity index is 1.38. The van der Waals surface area contributed by atoms with E-state index >= 15 is 0 Å². The van der Waals surface area contributed by atoms with Gasteiger partial charge < -0.3 is 4.74 Å². The third-order valence-corrected chi connectivity index (χ3v) is 6.15. The smallest absolute Gasteiger partial charge is 0.279 e. The van der Waals surface area contributed by atoms with Crippen LogP contribution in [0.2, 0.25) is 0 Å². The molecule has 2 N–H and O–H groups in total. The summed E-state index contributed by atoms with van der Waals surface area (Å²) in [7, 11) is 0. The van der Waals surface area contributed by atoms with E-state index in [1.165, 1.54) is 34.6 Å². The molecule has 0 fully saturated rings. The summed E-state index contributed by atoms with van der Waals surface area (Å²) in [5.74, 6) is 0.0837. The molecule has 0 bridgehead atoms. The molecule has 3 aromatic rings. The van der Waals surface area contributed by atoms with Crippen molar-refractivity contribution in [2.24, 2.45) is 0 Å². The second-order valence-corrected chi connectivity index (χ2v) is 8.07. The quantitative estimate of drug-likeness (QED) is 0.622. The molecule has 0 atom stereocenters. The lowest BCUT2D eigenvalue weighted by molar-refractivity contribution is 0.0847. The Labute approximate surface area is 173 Å². The second-order valence-electron chi connectivity index (χ2n) is 6.93. The molecule has 0 saturated carbocycles. The average Bonchev–Trinajstić information content (AvgIpc) is 3.21. The van der Waals surface area contributed by atoms with E-state index < -0.39 is 0 Å². The third kappa shape index (κ3) is 4.66. The Bertz CT molecular complexity index is 990. The van der Waals surface area contributed by atoms with E-state index in [0.29, 0.717) is 10.4 Å². The summed E-state index contributed by atoms with van der Waals surface area (Å²) in [6.07, 6.45) is 4.41. The summed E-state index contributed by atoms with van der Waals surface area (Å²) in [5, 5.41) is 0. The minimum atomic E-state index is -0.369. The summed E-state index contributed by atoms with van der Waals surface area (Å²) in [4.78, 5) is 27.0. The zero-order valence-electron chi connectivity index (χ0n) is 15.9. The van der Waals surface area contributed by atoms with Gasteiger partial charge in [-0.15, -0.1) is 11.3 Å². The highest BCUT2D eigenvalue weighted by Gasteiger charge is 2.18. The van der Waals surface area contributed by atoms with Crippen molar-refractivity contribution in [3.63, 3.8) is 0 Å². The molecule has 2 amide bonds. The molecule has 0 radical (unpaired) electrons. The number of hydrogen-bond donors (Lipinski definition) is 2. The number of para-hydroxylation sites is 1. The number of hydrazine groups is 1. The van der Waals surface area contributed by atoms with Crippen molar-refractivity contribution >= 4 is 23.2 Å². The Hall–Kier alpha value is -3.12. The predicted molar refractivity (Wildman–Crippen MR) is 113 cm³/mol. The lowest BCUT2D eigenvalue weighted by atomic mass is 9.99. The normalized spacial score (nSPS) is 12.7. The van der Waals surface area contributed by atoms with Crippen molar-refractivity contribution in [2.75, 3.05) is 0 Å². The molecule has 0 unspecified atom stereocenters. The van der Waals surface area contributed by atoms with Gasteiger partial charge in [0.25, 0.3) is 11.8 Å². The van der Waals surface area contributed by atoms with Crippen molar-refractivity contribution in [1.29, 1.82) is 0 Å². The number of hydrogen-bond acceptors (Lipinski definition) is 4. The molecule has 148 valence electrons. The number of carbonyl (C=O) groups is 2. The van der Waals surface area contributed by atoms with Crippen LogP contribution in [0.5, 0.6) is 5.75 Å². The van der Waals surface area contributed by atoms with Crippen LogP contribution in [0, 0.1) is 0 Å². The van der Waals surface area contributed by atoms with Gasteiger partial charge in [-0.05, 0) is 55.5 Å². The molecule has 1 aliphatic carbocycles. The van der Waals surface area contributed by atoms with Crippen molar-refractivity contribution in [2.45, 2.75) is 32.3 Å². The number of amides is 2. The predicted octanol–water partition coefficient (Wildman–Crippen LogP) is 4.28. The highest BCUT2D eigenvalue weighted by atomic mass is 32.1. The molecule has 1 aliphatic rings. The monoisotopic (exact) mass is 406 g/mol. The number of aryl methyl sites for hydroxylation is 2. The number of carbonyl (C=O) groups excluding carboxylic acids is 2. The molecule has 6 heteroatoms. The van der Waals surface area contributed by atoms with Gasteiger partial charge in [-0.25, -0.2) is 0 Å². The fraction of sp³-hybridized carbons (Fsp3) is 0.217. The van der Waals surface area contributed by atoms with Crippen LogP contribution in [0.4, 0.5) is 0 Å². The van der Waals surface area contributed by atoms with Crippen LogP contribution in [0.3, 0.4) is 0 Å². The van der Waals surface area contributed by atoms with Gasteiger partial charge in [-0.2, -0.15) is 0 Å². The summed E-state index contributed by atoms with van der Waals surface area (Å²) >= 11 is 1.52. The first-order valence-corrected chi connectivity index (χ1v) is 10.5. The van der Waals surface area contributed by atoms with Crippen LogP contribution in [0.15, 0.2) is 60.7 Å². The lowest BCUT2D eigenvalue weighted by Gasteiger charge is -2.12. The van der Waals surface area contributed by atoms with Gasteiger partial charge in [-0.3, -0.25) is 20.4 Å². The first kappa shape index (κ1) is 19.2. The molecule has 0 saturated heterocycles. The van der Waals surface area contributed by atoms with Crippen LogP contribution >= 0.6 is 11.3 Å². The number of nitrogens with one attached hydrogen (secondary N) is 2. The Kier molecular flexibility index (Phi) is 5.91. The highest BCUT2D eigenvalue weighted by molar-refractivity contribution is 7.14. The van der Waals surface area contributed by atoms with Crippen LogP contribution in [-0.4, -0.2) is 11.8 Å². The zero-order chi connectivity index (χ0) is 20.1. The molecule has 4 rings (SSSR count). The van der Waals surface area contributed by atoms with Crippen LogP contribution in [0.25, 0.3) is 0 Å². The molecule has 0 aliphatic heterocycles. The first-order valence-electron chi connectivity index (χ1n) is 9.69. The summed E-state index contributed by atoms with van der Waals surface area (Å²) in [6.45, 7) is 0.263. The van der Waals surface area contributed by atoms with Crippen molar-refractivity contribution in [1.82, 2.24) is 10.9 Å². The highest BCUT2D eigenvalue weighted by Crippen LogP contribution is 2.29. The molecular weight excluding hydrogens is 384 g/mol. The number of thiophene rings is 1. The van der Waals surface area contributed by atoms with E-state index in [4.69, 9.17) is 4.74 Å². The van der Waals surface area contributed by atoms with E-state index in [2.05, 4.69) is 10.9 Å². The number of fused-ring (bicyclic) bond motifs is 1. The molecule has 0 spiro atoms. The lowest BCUT2D eigenvalue weighted by Crippen LogP contribution is -2.41. The van der Waals surface area contributed by atoms with Gasteiger partial charge in [0, 0.05) is 16.0 Å². The van der Waals surface area contributed by atoms with E-state index in [0.717, 1.165) is 24.2 Å². The van der Waals surface area contributed by atoms with E-state index in [-0.39, 0.29) is 18.4 Å². The van der Waals surface area contributed by atoms with Gasteiger partial charge >= 0.3 is 0 Å². The number of ether oxygens (including phenoxy) is 1. The van der Waals surface area contributed by atoms with Gasteiger partial charge in [-0.1, -0.05) is 36.4 Å². The fourth-order valence-electron chi connectivity index (χ4n) is 3.39. The molecule has 29 heavy (non-hydrogen) atoms. The molecule has 5 nitrogen and oxygen atoms in total. The molecule has 2 aromatic carbocycles. The van der Waals surface area contributed by atoms with Crippen LogP contribution in [0.1, 0.15) is 48.9 Å². The Morgan fingerprint density at radius 1 is 0.897 bits per heavy atom. The average molecular weight is 407 g/mol. The van der Waals surface area contributed by atoms with E-state index in [1.807, 2.05) is 48.5 Å². The minimum Gasteiger partial charge on any atom is -0.489 e. The topological polar surface area (TPSA) is 67.4 Å². The second kappa shape index (κ2) is 8.92. The maximum Gasteiger partial charge on any atom is 0.279 e. The van der Waals surface area contributed by atoms with Crippen LogP contribution in [-0.2, 0) is 19.4 Å². The molecular formula is C23H22N2O3S. The summed E-state index contributed by atoms with van der Waals surface area (Å²) in [5.41, 5.74) is 7.54. The van der Waals surface area contributed by atoms with Crippen molar-refractivity contribution in [3.05, 3.63) is 87.1 Å². The largest absolute Gasteiger partial charge is 0.489 e. The van der Waals surface area contributed by atoms with Crippen molar-refractivity contribution in [3.8, 4) is 5.75 Å². The SMILES string of the molecule is O=C(NNC(=O)c1ccccc1COc1ccccc1)c1cc2c(s1)CCCC2. The van der Waals surface area contributed by atoms with Gasteiger partial charge in [0.05, 0.1) is 4.88 Å². The van der Waals surface area contributed by atoms with E-state index in [9.17, 15) is 9.59 Å².